The van der Waals surface area contributed by atoms with E-state index in [1.165, 1.54) is 6.07 Å². The van der Waals surface area contributed by atoms with Crippen molar-refractivity contribution in [2.45, 2.75) is 11.7 Å². The maximum atomic E-state index is 10.5. The summed E-state index contributed by atoms with van der Waals surface area (Å²) in [5, 5.41) is 17.1. The molecule has 0 bridgehead atoms. The summed E-state index contributed by atoms with van der Waals surface area (Å²) in [5.74, 6) is -0.866. The Hall–Kier alpha value is -1.16. The fraction of sp³-hybridized carbons (Fsp3) is 0.222. The summed E-state index contributed by atoms with van der Waals surface area (Å²) < 4.78 is 0. The monoisotopic (exact) mass is 198 g/mol. The van der Waals surface area contributed by atoms with E-state index in [4.69, 9.17) is 5.11 Å². The van der Waals surface area contributed by atoms with Gasteiger partial charge in [-0.05, 0) is 18.1 Å². The third kappa shape index (κ3) is 2.66. The molecule has 0 fully saturated rings. The van der Waals surface area contributed by atoms with Gasteiger partial charge in [0.25, 0.3) is 0 Å². The number of carboxylic acids is 1. The van der Waals surface area contributed by atoms with Crippen LogP contribution < -0.4 is 0 Å². The van der Waals surface area contributed by atoms with Crippen LogP contribution in [0.1, 0.15) is 5.56 Å². The molecule has 1 aromatic carbocycles. The first-order valence-electron chi connectivity index (χ1n) is 3.79. The number of aliphatic carboxylic acids is 1. The van der Waals surface area contributed by atoms with Gasteiger partial charge < -0.3 is 10.2 Å². The lowest BCUT2D eigenvalue weighted by molar-refractivity contribution is -0.136. The molecule has 1 unspecified atom stereocenters. The third-order valence-corrected chi connectivity index (χ3v) is 2.09. The molecule has 2 N–H and O–H groups in total. The normalized spacial score (nSPS) is 12.4. The van der Waals surface area contributed by atoms with Gasteiger partial charge >= 0.3 is 5.97 Å². The summed E-state index contributed by atoms with van der Waals surface area (Å²) in [6.45, 7) is 0. The van der Waals surface area contributed by atoms with E-state index in [0.717, 1.165) is 0 Å². The number of benzene rings is 1. The van der Waals surface area contributed by atoms with Gasteiger partial charge in [-0.3, -0.25) is 4.79 Å². The van der Waals surface area contributed by atoms with Crippen molar-refractivity contribution in [2.75, 3.05) is 0 Å². The number of phenols is 1. The third-order valence-electron chi connectivity index (χ3n) is 1.69. The van der Waals surface area contributed by atoms with Crippen molar-refractivity contribution in [2.24, 2.45) is 0 Å². The van der Waals surface area contributed by atoms with Crippen LogP contribution in [0.25, 0.3) is 0 Å². The van der Waals surface area contributed by atoms with Crippen molar-refractivity contribution in [1.82, 2.24) is 0 Å². The SMILES string of the molecule is O=C(O)C(S)Cc1ccccc1O. The number of hydrogen-bond donors (Lipinski definition) is 3. The number of thiol groups is 1. The van der Waals surface area contributed by atoms with Gasteiger partial charge in [-0.15, -0.1) is 0 Å². The van der Waals surface area contributed by atoms with E-state index in [0.29, 0.717) is 5.56 Å². The van der Waals surface area contributed by atoms with E-state index in [9.17, 15) is 9.90 Å². The van der Waals surface area contributed by atoms with Gasteiger partial charge in [-0.25, -0.2) is 0 Å². The summed E-state index contributed by atoms with van der Waals surface area (Å²) in [6.07, 6.45) is 0.227. The highest BCUT2D eigenvalue weighted by atomic mass is 32.1. The largest absolute Gasteiger partial charge is 0.508 e. The van der Waals surface area contributed by atoms with Crippen molar-refractivity contribution >= 4 is 18.6 Å². The summed E-state index contributed by atoms with van der Waals surface area (Å²) in [6, 6.07) is 6.64. The van der Waals surface area contributed by atoms with Crippen molar-refractivity contribution in [3.63, 3.8) is 0 Å². The molecular formula is C9H10O3S. The highest BCUT2D eigenvalue weighted by Crippen LogP contribution is 2.18. The molecule has 0 spiro atoms. The molecule has 1 aromatic rings. The van der Waals surface area contributed by atoms with E-state index in [2.05, 4.69) is 12.6 Å². The number of carboxylic acid groups (broad SMARTS) is 1. The average Bonchev–Trinajstić information content (AvgIpc) is 2.08. The fourth-order valence-electron chi connectivity index (χ4n) is 0.979. The topological polar surface area (TPSA) is 57.5 Å². The smallest absolute Gasteiger partial charge is 0.316 e. The second kappa shape index (κ2) is 4.18. The van der Waals surface area contributed by atoms with Gasteiger partial charge in [-0.1, -0.05) is 18.2 Å². The summed E-state index contributed by atoms with van der Waals surface area (Å²) in [5.41, 5.74) is 0.602. The number of aromatic hydroxyl groups is 1. The zero-order valence-electron chi connectivity index (χ0n) is 6.84. The molecule has 0 radical (unpaired) electrons. The molecule has 3 nitrogen and oxygen atoms in total. The van der Waals surface area contributed by atoms with Crippen LogP contribution in [0.3, 0.4) is 0 Å². The summed E-state index contributed by atoms with van der Waals surface area (Å²) in [4.78, 5) is 10.5. The van der Waals surface area contributed by atoms with Crippen LogP contribution in [0.4, 0.5) is 0 Å². The number of rotatable bonds is 3. The summed E-state index contributed by atoms with van der Waals surface area (Å²) in [7, 11) is 0. The van der Waals surface area contributed by atoms with E-state index in [1.54, 1.807) is 18.2 Å². The van der Waals surface area contributed by atoms with Crippen LogP contribution in [0.2, 0.25) is 0 Å². The molecule has 0 saturated carbocycles. The maximum Gasteiger partial charge on any atom is 0.316 e. The van der Waals surface area contributed by atoms with Crippen molar-refractivity contribution in [1.29, 1.82) is 0 Å². The Labute approximate surface area is 81.4 Å². The molecule has 13 heavy (non-hydrogen) atoms. The first kappa shape index (κ1) is 9.92. The number of phenolic OH excluding ortho intramolecular Hbond substituents is 1. The molecule has 0 aliphatic heterocycles. The van der Waals surface area contributed by atoms with Crippen LogP contribution in [0, 0.1) is 0 Å². The second-order valence-electron chi connectivity index (χ2n) is 2.69. The Bertz CT molecular complexity index is 311. The lowest BCUT2D eigenvalue weighted by atomic mass is 10.1. The standard InChI is InChI=1S/C9H10O3S/c10-7-4-2-1-3-6(7)5-8(13)9(11)12/h1-4,8,10,13H,5H2,(H,11,12). The molecule has 0 aliphatic carbocycles. The van der Waals surface area contributed by atoms with Gasteiger partial charge in [0.1, 0.15) is 11.0 Å². The van der Waals surface area contributed by atoms with Crippen LogP contribution in [0.15, 0.2) is 24.3 Å². The van der Waals surface area contributed by atoms with Crippen LogP contribution >= 0.6 is 12.6 Å². The first-order valence-corrected chi connectivity index (χ1v) is 4.30. The van der Waals surface area contributed by atoms with Gasteiger partial charge in [-0.2, -0.15) is 12.6 Å². The van der Waals surface area contributed by atoms with Gasteiger partial charge in [0.2, 0.25) is 0 Å². The van der Waals surface area contributed by atoms with Gasteiger partial charge in [0.15, 0.2) is 0 Å². The number of hydrogen-bond acceptors (Lipinski definition) is 3. The Morgan fingerprint density at radius 2 is 2.08 bits per heavy atom. The Morgan fingerprint density at radius 1 is 1.46 bits per heavy atom. The molecule has 0 aromatic heterocycles. The molecule has 4 heteroatoms. The fourth-order valence-corrected chi connectivity index (χ4v) is 1.18. The summed E-state index contributed by atoms with van der Waals surface area (Å²) >= 11 is 3.87. The predicted molar refractivity (Wildman–Crippen MR) is 52.2 cm³/mol. The van der Waals surface area contributed by atoms with Crippen molar-refractivity contribution in [3.8, 4) is 5.75 Å². The minimum atomic E-state index is -0.980. The van der Waals surface area contributed by atoms with E-state index in [-0.39, 0.29) is 12.2 Å². The molecule has 0 aliphatic rings. The van der Waals surface area contributed by atoms with Crippen molar-refractivity contribution < 1.29 is 15.0 Å². The number of carbonyl (C=O) groups is 1. The Morgan fingerprint density at radius 3 is 2.62 bits per heavy atom. The molecular weight excluding hydrogens is 188 g/mol. The molecule has 0 saturated heterocycles. The molecule has 70 valence electrons. The van der Waals surface area contributed by atoms with E-state index >= 15 is 0 Å². The lowest BCUT2D eigenvalue weighted by Crippen LogP contribution is -2.16. The van der Waals surface area contributed by atoms with E-state index < -0.39 is 11.2 Å². The molecule has 0 amide bonds. The van der Waals surface area contributed by atoms with Crippen LogP contribution in [-0.4, -0.2) is 21.4 Å². The van der Waals surface area contributed by atoms with Crippen LogP contribution in [0.5, 0.6) is 5.75 Å². The second-order valence-corrected chi connectivity index (χ2v) is 3.31. The molecule has 0 heterocycles. The Kier molecular flexibility index (Phi) is 3.19. The van der Waals surface area contributed by atoms with Gasteiger partial charge in [0.05, 0.1) is 0 Å². The molecule has 1 atom stereocenters. The van der Waals surface area contributed by atoms with E-state index in [1.807, 2.05) is 0 Å². The maximum absolute atomic E-state index is 10.5. The van der Waals surface area contributed by atoms with Crippen molar-refractivity contribution in [3.05, 3.63) is 29.8 Å². The number of para-hydroxylation sites is 1. The highest BCUT2D eigenvalue weighted by Gasteiger charge is 2.14. The first-order chi connectivity index (χ1) is 6.11. The zero-order chi connectivity index (χ0) is 9.84. The highest BCUT2D eigenvalue weighted by molar-refractivity contribution is 7.81. The predicted octanol–water partition coefficient (Wildman–Crippen LogP) is 1.32. The van der Waals surface area contributed by atoms with Crippen LogP contribution in [-0.2, 0) is 11.2 Å². The average molecular weight is 198 g/mol. The zero-order valence-corrected chi connectivity index (χ0v) is 7.74. The minimum Gasteiger partial charge on any atom is -0.508 e. The Balaban J connectivity index is 2.74. The minimum absolute atomic E-state index is 0.114. The quantitative estimate of drug-likeness (QED) is 0.642. The van der Waals surface area contributed by atoms with Gasteiger partial charge in [0, 0.05) is 0 Å². The molecule has 1 rings (SSSR count). The lowest BCUT2D eigenvalue weighted by Gasteiger charge is -2.06.